The molecule has 4 rings (SSSR count). The SMILES string of the molecule is Cc1cc(C)cc(N2CC(c3nc(-c4ccc(Br)cc4)no3)CC2=O)c1. The van der Waals surface area contributed by atoms with Crippen molar-refractivity contribution in [2.45, 2.75) is 26.2 Å². The second-order valence-corrected chi connectivity index (χ2v) is 7.63. The smallest absolute Gasteiger partial charge is 0.232 e. The maximum Gasteiger partial charge on any atom is 0.232 e. The van der Waals surface area contributed by atoms with Crippen LogP contribution in [0.4, 0.5) is 5.69 Å². The number of aromatic nitrogens is 2. The van der Waals surface area contributed by atoms with Gasteiger partial charge in [0.15, 0.2) is 0 Å². The highest BCUT2D eigenvalue weighted by Crippen LogP contribution is 2.32. The van der Waals surface area contributed by atoms with Gasteiger partial charge < -0.3 is 9.42 Å². The van der Waals surface area contributed by atoms with Gasteiger partial charge in [-0.1, -0.05) is 27.2 Å². The number of benzene rings is 2. The zero-order valence-corrected chi connectivity index (χ0v) is 16.2. The highest BCUT2D eigenvalue weighted by molar-refractivity contribution is 9.10. The number of carbonyl (C=O) groups is 1. The molecular weight excluding hydrogens is 394 g/mol. The van der Waals surface area contributed by atoms with Crippen molar-refractivity contribution in [3.8, 4) is 11.4 Å². The number of halogens is 1. The maximum absolute atomic E-state index is 12.5. The molecule has 132 valence electrons. The molecule has 3 aromatic rings. The van der Waals surface area contributed by atoms with Gasteiger partial charge in [-0.15, -0.1) is 0 Å². The van der Waals surface area contributed by atoms with Crippen molar-refractivity contribution < 1.29 is 9.32 Å². The Labute approximate surface area is 160 Å². The molecule has 2 aromatic carbocycles. The predicted octanol–water partition coefficient (Wildman–Crippen LogP) is 4.64. The number of hydrogen-bond acceptors (Lipinski definition) is 4. The molecule has 0 N–H and O–H groups in total. The van der Waals surface area contributed by atoms with Crippen LogP contribution in [0.5, 0.6) is 0 Å². The third-order valence-electron chi connectivity index (χ3n) is 4.54. The minimum Gasteiger partial charge on any atom is -0.339 e. The molecule has 0 spiro atoms. The predicted molar refractivity (Wildman–Crippen MR) is 103 cm³/mol. The van der Waals surface area contributed by atoms with E-state index in [-0.39, 0.29) is 11.8 Å². The van der Waals surface area contributed by atoms with Crippen molar-refractivity contribution in [1.82, 2.24) is 10.1 Å². The molecule has 2 heterocycles. The number of carbonyl (C=O) groups excluding carboxylic acids is 1. The van der Waals surface area contributed by atoms with Gasteiger partial charge in [-0.05, 0) is 61.4 Å². The molecule has 1 amide bonds. The van der Waals surface area contributed by atoms with Crippen molar-refractivity contribution in [2.24, 2.45) is 0 Å². The highest BCUT2D eigenvalue weighted by atomic mass is 79.9. The van der Waals surface area contributed by atoms with E-state index in [0.717, 1.165) is 26.9 Å². The van der Waals surface area contributed by atoms with Crippen LogP contribution in [0.1, 0.15) is 29.4 Å². The third-order valence-corrected chi connectivity index (χ3v) is 5.07. The normalized spacial score (nSPS) is 17.1. The summed E-state index contributed by atoms with van der Waals surface area (Å²) in [6.45, 7) is 4.64. The lowest BCUT2D eigenvalue weighted by molar-refractivity contribution is -0.117. The molecule has 0 radical (unpaired) electrons. The monoisotopic (exact) mass is 411 g/mol. The fraction of sp³-hybridized carbons (Fsp3) is 0.250. The summed E-state index contributed by atoms with van der Waals surface area (Å²) in [5, 5.41) is 4.08. The van der Waals surface area contributed by atoms with Gasteiger partial charge in [0.05, 0.1) is 5.92 Å². The third kappa shape index (κ3) is 3.29. The average molecular weight is 412 g/mol. The number of anilines is 1. The molecular formula is C20H18BrN3O2. The van der Waals surface area contributed by atoms with Crippen molar-refractivity contribution in [1.29, 1.82) is 0 Å². The van der Waals surface area contributed by atoms with Crippen molar-refractivity contribution in [3.05, 3.63) is 64.0 Å². The van der Waals surface area contributed by atoms with E-state index in [9.17, 15) is 4.79 Å². The Hall–Kier alpha value is -2.47. The summed E-state index contributed by atoms with van der Waals surface area (Å²) in [6, 6.07) is 13.9. The van der Waals surface area contributed by atoms with E-state index >= 15 is 0 Å². The van der Waals surface area contributed by atoms with E-state index in [4.69, 9.17) is 4.52 Å². The summed E-state index contributed by atoms with van der Waals surface area (Å²) in [5.74, 6) is 1.07. The van der Waals surface area contributed by atoms with Gasteiger partial charge in [-0.25, -0.2) is 0 Å². The van der Waals surface area contributed by atoms with Crippen LogP contribution in [0, 0.1) is 13.8 Å². The van der Waals surface area contributed by atoms with Gasteiger partial charge in [0.2, 0.25) is 17.6 Å². The maximum atomic E-state index is 12.5. The fourth-order valence-corrected chi connectivity index (χ4v) is 3.61. The van der Waals surface area contributed by atoms with Gasteiger partial charge in [-0.2, -0.15) is 4.98 Å². The van der Waals surface area contributed by atoms with Crippen molar-refractivity contribution >= 4 is 27.5 Å². The summed E-state index contributed by atoms with van der Waals surface area (Å²) in [5.41, 5.74) is 4.11. The van der Waals surface area contributed by atoms with Crippen LogP contribution in [0.2, 0.25) is 0 Å². The first-order valence-corrected chi connectivity index (χ1v) is 9.27. The Morgan fingerprint density at radius 2 is 1.81 bits per heavy atom. The summed E-state index contributed by atoms with van der Waals surface area (Å²) >= 11 is 3.42. The van der Waals surface area contributed by atoms with Gasteiger partial charge in [0, 0.05) is 28.7 Å². The van der Waals surface area contributed by atoms with Gasteiger partial charge >= 0.3 is 0 Å². The van der Waals surface area contributed by atoms with Gasteiger partial charge in [0.25, 0.3) is 0 Å². The molecule has 1 aromatic heterocycles. The second kappa shape index (κ2) is 6.68. The first kappa shape index (κ1) is 17.0. The molecule has 1 aliphatic rings. The van der Waals surface area contributed by atoms with Crippen LogP contribution in [-0.2, 0) is 4.79 Å². The Morgan fingerprint density at radius 1 is 1.12 bits per heavy atom. The fourth-order valence-electron chi connectivity index (χ4n) is 3.35. The molecule has 1 fully saturated rings. The molecule has 5 nitrogen and oxygen atoms in total. The molecule has 0 bridgehead atoms. The van der Waals surface area contributed by atoms with E-state index < -0.39 is 0 Å². The summed E-state index contributed by atoms with van der Waals surface area (Å²) in [6.07, 6.45) is 0.384. The van der Waals surface area contributed by atoms with E-state index in [1.54, 1.807) is 0 Å². The number of nitrogens with zero attached hydrogens (tertiary/aromatic N) is 3. The molecule has 26 heavy (non-hydrogen) atoms. The zero-order chi connectivity index (χ0) is 18.3. The van der Waals surface area contributed by atoms with E-state index in [1.165, 1.54) is 0 Å². The lowest BCUT2D eigenvalue weighted by Crippen LogP contribution is -2.24. The van der Waals surface area contributed by atoms with Gasteiger partial charge in [-0.3, -0.25) is 4.79 Å². The zero-order valence-electron chi connectivity index (χ0n) is 14.6. The van der Waals surface area contributed by atoms with Crippen LogP contribution in [0.15, 0.2) is 51.5 Å². The van der Waals surface area contributed by atoms with E-state index in [2.05, 4.69) is 32.1 Å². The summed E-state index contributed by atoms with van der Waals surface area (Å²) in [7, 11) is 0. The Morgan fingerprint density at radius 3 is 2.50 bits per heavy atom. The molecule has 1 unspecified atom stereocenters. The van der Waals surface area contributed by atoms with E-state index in [0.29, 0.717) is 24.7 Å². The number of hydrogen-bond donors (Lipinski definition) is 0. The number of rotatable bonds is 3. The Balaban J connectivity index is 1.56. The average Bonchev–Trinajstić information content (AvgIpc) is 3.21. The van der Waals surface area contributed by atoms with Crippen molar-refractivity contribution in [3.63, 3.8) is 0 Å². The molecule has 0 aliphatic carbocycles. The lowest BCUT2D eigenvalue weighted by Gasteiger charge is -2.17. The van der Waals surface area contributed by atoms with E-state index in [1.807, 2.05) is 55.1 Å². The van der Waals surface area contributed by atoms with Crippen LogP contribution >= 0.6 is 15.9 Å². The Kier molecular flexibility index (Phi) is 4.36. The van der Waals surface area contributed by atoms with Crippen molar-refractivity contribution in [2.75, 3.05) is 11.4 Å². The molecule has 0 saturated carbocycles. The summed E-state index contributed by atoms with van der Waals surface area (Å²) in [4.78, 5) is 18.9. The summed E-state index contributed by atoms with van der Waals surface area (Å²) < 4.78 is 6.46. The topological polar surface area (TPSA) is 59.2 Å². The minimum absolute atomic E-state index is 0.0833. The first-order valence-electron chi connectivity index (χ1n) is 8.48. The minimum atomic E-state index is -0.0833. The quantitative estimate of drug-likeness (QED) is 0.629. The molecule has 6 heteroatoms. The largest absolute Gasteiger partial charge is 0.339 e. The van der Waals surface area contributed by atoms with Crippen LogP contribution < -0.4 is 4.90 Å². The Bertz CT molecular complexity index is 945. The second-order valence-electron chi connectivity index (χ2n) is 6.71. The lowest BCUT2D eigenvalue weighted by atomic mass is 10.1. The van der Waals surface area contributed by atoms with Crippen LogP contribution in [-0.4, -0.2) is 22.6 Å². The highest BCUT2D eigenvalue weighted by Gasteiger charge is 2.35. The number of aryl methyl sites for hydroxylation is 2. The molecule has 1 saturated heterocycles. The van der Waals surface area contributed by atoms with Crippen LogP contribution in [0.3, 0.4) is 0 Å². The molecule has 1 atom stereocenters. The van der Waals surface area contributed by atoms with Crippen LogP contribution in [0.25, 0.3) is 11.4 Å². The van der Waals surface area contributed by atoms with Gasteiger partial charge in [0.1, 0.15) is 0 Å². The molecule has 1 aliphatic heterocycles. The standard InChI is InChI=1S/C20H18BrN3O2/c1-12-7-13(2)9-17(8-12)24-11-15(10-18(24)25)20-22-19(23-26-20)14-3-5-16(21)6-4-14/h3-9,15H,10-11H2,1-2H3. The first-order chi connectivity index (χ1) is 12.5. The number of amides is 1.